The lowest BCUT2D eigenvalue weighted by Crippen LogP contribution is -2.38. The van der Waals surface area contributed by atoms with Gasteiger partial charge in [0.15, 0.2) is 11.5 Å². The van der Waals surface area contributed by atoms with E-state index in [1.165, 1.54) is 0 Å². The summed E-state index contributed by atoms with van der Waals surface area (Å²) in [6.45, 7) is 1.59. The fourth-order valence-electron chi connectivity index (χ4n) is 3.52. The number of carboxylic acids is 1. The Morgan fingerprint density at radius 3 is 3.00 bits per heavy atom. The SMILES string of the molecule is COc1c(OCCCn2ccnc2)ccc2c1CN1C(=N2)NC(=O)C1CC(=O)O. The summed E-state index contributed by atoms with van der Waals surface area (Å²) >= 11 is 0. The molecule has 1 atom stereocenters. The van der Waals surface area contributed by atoms with Gasteiger partial charge in [0.2, 0.25) is 11.9 Å². The zero-order chi connectivity index (χ0) is 20.4. The number of carboxylic acid groups (broad SMARTS) is 1. The fourth-order valence-corrected chi connectivity index (χ4v) is 3.52. The number of carbonyl (C=O) groups is 2. The maximum absolute atomic E-state index is 12.2. The largest absolute Gasteiger partial charge is 0.492 e. The van der Waals surface area contributed by atoms with Crippen LogP contribution in [0, 0.1) is 0 Å². The molecule has 0 aliphatic carbocycles. The number of benzene rings is 1. The lowest BCUT2D eigenvalue weighted by molar-refractivity contribution is -0.140. The van der Waals surface area contributed by atoms with Crippen molar-refractivity contribution in [1.82, 2.24) is 19.8 Å². The monoisotopic (exact) mass is 399 g/mol. The molecule has 1 aromatic carbocycles. The molecule has 1 aromatic heterocycles. The molecule has 1 saturated heterocycles. The molecular formula is C19H21N5O5. The van der Waals surface area contributed by atoms with Crippen molar-refractivity contribution in [2.75, 3.05) is 13.7 Å². The van der Waals surface area contributed by atoms with Crippen molar-refractivity contribution < 1.29 is 24.2 Å². The number of aryl methyl sites for hydroxylation is 1. The van der Waals surface area contributed by atoms with Crippen molar-refractivity contribution in [3.05, 3.63) is 36.4 Å². The summed E-state index contributed by atoms with van der Waals surface area (Å²) in [6, 6.07) is 2.80. The van der Waals surface area contributed by atoms with Gasteiger partial charge in [0.05, 0.1) is 38.7 Å². The minimum absolute atomic E-state index is 0.299. The van der Waals surface area contributed by atoms with Crippen LogP contribution in [0.5, 0.6) is 11.5 Å². The third-order valence-electron chi connectivity index (χ3n) is 4.89. The average Bonchev–Trinajstić information content (AvgIpc) is 3.31. The Morgan fingerprint density at radius 2 is 2.28 bits per heavy atom. The number of nitrogens with one attached hydrogen (secondary N) is 1. The minimum atomic E-state index is -1.04. The topological polar surface area (TPSA) is 118 Å². The summed E-state index contributed by atoms with van der Waals surface area (Å²) < 4.78 is 13.5. The molecule has 4 rings (SSSR count). The van der Waals surface area contributed by atoms with E-state index in [1.54, 1.807) is 30.6 Å². The number of guanidine groups is 1. The van der Waals surface area contributed by atoms with Gasteiger partial charge in [0.1, 0.15) is 6.04 Å². The molecule has 0 saturated carbocycles. The molecule has 152 valence electrons. The number of amides is 1. The van der Waals surface area contributed by atoms with Gasteiger partial charge >= 0.3 is 5.97 Å². The summed E-state index contributed by atoms with van der Waals surface area (Å²) in [5.41, 5.74) is 1.42. The maximum Gasteiger partial charge on any atom is 0.305 e. The standard InChI is InChI=1S/C19H21N5O5/c1-28-17-12-10-24-14(9-16(25)26)18(27)22-19(24)21-13(12)3-4-15(17)29-8-2-6-23-7-5-20-11-23/h3-5,7,11,14H,2,6,8-10H2,1H3,(H,25,26)(H,21,22,27). The van der Waals surface area contributed by atoms with Gasteiger partial charge in [-0.25, -0.2) is 9.98 Å². The molecule has 2 aromatic rings. The summed E-state index contributed by atoms with van der Waals surface area (Å²) in [5.74, 6) is 0.0861. The van der Waals surface area contributed by atoms with Crippen LogP contribution < -0.4 is 14.8 Å². The summed E-state index contributed by atoms with van der Waals surface area (Å²) in [6.07, 6.45) is 5.89. The van der Waals surface area contributed by atoms with Crippen molar-refractivity contribution in [1.29, 1.82) is 0 Å². The Balaban J connectivity index is 1.51. The number of aliphatic carboxylic acids is 1. The number of aliphatic imine (C=N–C) groups is 1. The molecule has 29 heavy (non-hydrogen) atoms. The molecule has 0 spiro atoms. The molecule has 1 fully saturated rings. The van der Waals surface area contributed by atoms with Crippen LogP contribution in [0.3, 0.4) is 0 Å². The van der Waals surface area contributed by atoms with E-state index in [0.29, 0.717) is 36.3 Å². The first-order valence-corrected chi connectivity index (χ1v) is 9.23. The molecule has 1 unspecified atom stereocenters. The van der Waals surface area contributed by atoms with E-state index in [0.717, 1.165) is 18.5 Å². The normalized spacial score (nSPS) is 17.3. The average molecular weight is 399 g/mol. The fraction of sp³-hybridized carbons (Fsp3) is 0.368. The Morgan fingerprint density at radius 1 is 1.41 bits per heavy atom. The van der Waals surface area contributed by atoms with E-state index in [9.17, 15) is 9.59 Å². The highest BCUT2D eigenvalue weighted by Gasteiger charge is 2.41. The molecule has 2 aliphatic heterocycles. The van der Waals surface area contributed by atoms with Crippen LogP contribution in [-0.2, 0) is 22.7 Å². The quantitative estimate of drug-likeness (QED) is 0.639. The van der Waals surface area contributed by atoms with Crippen LogP contribution >= 0.6 is 0 Å². The van der Waals surface area contributed by atoms with Gasteiger partial charge in [-0.2, -0.15) is 0 Å². The second kappa shape index (κ2) is 7.82. The van der Waals surface area contributed by atoms with Crippen LogP contribution in [0.25, 0.3) is 0 Å². The zero-order valence-corrected chi connectivity index (χ0v) is 15.9. The summed E-state index contributed by atoms with van der Waals surface area (Å²) in [4.78, 5) is 33.4. The molecule has 10 heteroatoms. The van der Waals surface area contributed by atoms with Crippen LogP contribution in [-0.4, -0.2) is 57.2 Å². The Kier molecular flexibility index (Phi) is 5.07. The van der Waals surface area contributed by atoms with Gasteiger partial charge in [0, 0.05) is 24.5 Å². The number of carbonyl (C=O) groups excluding carboxylic acids is 1. The predicted octanol–water partition coefficient (Wildman–Crippen LogP) is 1.14. The van der Waals surface area contributed by atoms with E-state index in [4.69, 9.17) is 14.6 Å². The number of methoxy groups -OCH3 is 1. The van der Waals surface area contributed by atoms with Crippen molar-refractivity contribution in [3.8, 4) is 11.5 Å². The molecule has 0 bridgehead atoms. The zero-order valence-electron chi connectivity index (χ0n) is 15.9. The molecule has 2 aliphatic rings. The van der Waals surface area contributed by atoms with Crippen molar-refractivity contribution in [2.45, 2.75) is 32.0 Å². The second-order valence-electron chi connectivity index (χ2n) is 6.76. The van der Waals surface area contributed by atoms with E-state index in [-0.39, 0.29) is 12.3 Å². The molecule has 1 amide bonds. The number of ether oxygens (including phenoxy) is 2. The van der Waals surface area contributed by atoms with E-state index in [2.05, 4.69) is 15.3 Å². The number of nitrogens with zero attached hydrogens (tertiary/aromatic N) is 4. The Hall–Kier alpha value is -3.56. The molecular weight excluding hydrogens is 378 g/mol. The molecule has 3 heterocycles. The van der Waals surface area contributed by atoms with Crippen molar-refractivity contribution in [2.24, 2.45) is 4.99 Å². The minimum Gasteiger partial charge on any atom is -0.492 e. The smallest absolute Gasteiger partial charge is 0.305 e. The molecule has 10 nitrogen and oxygen atoms in total. The highest BCUT2D eigenvalue weighted by Crippen LogP contribution is 2.41. The maximum atomic E-state index is 12.2. The van der Waals surface area contributed by atoms with Gasteiger partial charge in [0.25, 0.3) is 0 Å². The van der Waals surface area contributed by atoms with E-state index in [1.807, 2.05) is 16.8 Å². The van der Waals surface area contributed by atoms with Gasteiger partial charge < -0.3 is 24.0 Å². The Labute approximate surface area is 166 Å². The number of fused-ring (bicyclic) bond motifs is 2. The molecule has 0 radical (unpaired) electrons. The number of rotatable bonds is 8. The lowest BCUT2D eigenvalue weighted by Gasteiger charge is -2.28. The van der Waals surface area contributed by atoms with Crippen LogP contribution in [0.4, 0.5) is 5.69 Å². The lowest BCUT2D eigenvalue weighted by atomic mass is 10.1. The van der Waals surface area contributed by atoms with Gasteiger partial charge in [-0.05, 0) is 18.6 Å². The van der Waals surface area contributed by atoms with E-state index >= 15 is 0 Å². The highest BCUT2D eigenvalue weighted by atomic mass is 16.5. The van der Waals surface area contributed by atoms with Crippen molar-refractivity contribution in [3.63, 3.8) is 0 Å². The van der Waals surface area contributed by atoms with Gasteiger partial charge in [-0.15, -0.1) is 0 Å². The Bertz CT molecular complexity index is 956. The number of hydrogen-bond donors (Lipinski definition) is 2. The predicted molar refractivity (Wildman–Crippen MR) is 102 cm³/mol. The third-order valence-corrected chi connectivity index (χ3v) is 4.89. The first kappa shape index (κ1) is 18.8. The number of hydrogen-bond acceptors (Lipinski definition) is 7. The number of imidazole rings is 1. The second-order valence-corrected chi connectivity index (χ2v) is 6.76. The van der Waals surface area contributed by atoms with Crippen LogP contribution in [0.2, 0.25) is 0 Å². The third kappa shape index (κ3) is 3.73. The van der Waals surface area contributed by atoms with Crippen LogP contribution in [0.1, 0.15) is 18.4 Å². The first-order valence-electron chi connectivity index (χ1n) is 9.23. The summed E-state index contributed by atoms with van der Waals surface area (Å²) in [7, 11) is 1.55. The highest BCUT2D eigenvalue weighted by molar-refractivity contribution is 6.08. The van der Waals surface area contributed by atoms with Crippen molar-refractivity contribution >= 4 is 23.5 Å². The van der Waals surface area contributed by atoms with E-state index < -0.39 is 12.0 Å². The van der Waals surface area contributed by atoms with Gasteiger partial charge in [-0.1, -0.05) is 0 Å². The first-order chi connectivity index (χ1) is 14.1. The van der Waals surface area contributed by atoms with Crippen LogP contribution in [0.15, 0.2) is 35.8 Å². The molecule has 2 N–H and O–H groups in total. The summed E-state index contributed by atoms with van der Waals surface area (Å²) in [5, 5.41) is 11.8. The number of aromatic nitrogens is 2. The van der Waals surface area contributed by atoms with Gasteiger partial charge in [-0.3, -0.25) is 14.9 Å².